The highest BCUT2D eigenvalue weighted by atomic mass is 79.9. The van der Waals surface area contributed by atoms with E-state index in [0.29, 0.717) is 6.04 Å². The van der Waals surface area contributed by atoms with Crippen LogP contribution in [0.25, 0.3) is 0 Å². The Balaban J connectivity index is 2.92. The molecule has 1 atom stereocenters. The first-order chi connectivity index (χ1) is 8.19. The number of nitrogens with one attached hydrogen (secondary N) is 1. The lowest BCUT2D eigenvalue weighted by atomic mass is 10.0. The van der Waals surface area contributed by atoms with Crippen molar-refractivity contribution in [2.75, 3.05) is 6.54 Å². The van der Waals surface area contributed by atoms with Crippen LogP contribution in [0, 0.1) is 18.8 Å². The highest BCUT2D eigenvalue weighted by Gasteiger charge is 2.12. The predicted molar refractivity (Wildman–Crippen MR) is 78.0 cm³/mol. The Kier molecular flexibility index (Phi) is 6.32. The Hall–Kier alpha value is -0.780. The third kappa shape index (κ3) is 4.53. The van der Waals surface area contributed by atoms with Crippen LogP contribution in [-0.2, 0) is 0 Å². The molecule has 0 aliphatic rings. The van der Waals surface area contributed by atoms with Crippen molar-refractivity contribution in [3.8, 4) is 11.8 Å². The minimum atomic E-state index is 0.316. The molecule has 0 aromatic heterocycles. The Morgan fingerprint density at radius 2 is 2.18 bits per heavy atom. The van der Waals surface area contributed by atoms with Gasteiger partial charge in [-0.15, -0.1) is 11.8 Å². The molecule has 0 radical (unpaired) electrons. The first kappa shape index (κ1) is 14.3. The fourth-order valence-corrected chi connectivity index (χ4v) is 2.27. The molecule has 1 N–H and O–H groups in total. The second kappa shape index (κ2) is 7.53. The van der Waals surface area contributed by atoms with Gasteiger partial charge in [0.2, 0.25) is 0 Å². The maximum atomic E-state index is 3.63. The van der Waals surface area contributed by atoms with E-state index in [9.17, 15) is 0 Å². The van der Waals surface area contributed by atoms with Crippen molar-refractivity contribution in [3.05, 3.63) is 33.8 Å². The largest absolute Gasteiger partial charge is 0.309 e. The maximum Gasteiger partial charge on any atom is 0.0442 e. The van der Waals surface area contributed by atoms with E-state index in [1.165, 1.54) is 11.1 Å². The van der Waals surface area contributed by atoms with Crippen LogP contribution in [0.5, 0.6) is 0 Å². The van der Waals surface area contributed by atoms with E-state index in [1.807, 2.05) is 6.92 Å². The van der Waals surface area contributed by atoms with Crippen LogP contribution in [0.3, 0.4) is 0 Å². The zero-order chi connectivity index (χ0) is 12.7. The number of rotatable bonds is 5. The number of hydrogen-bond donors (Lipinski definition) is 1. The quantitative estimate of drug-likeness (QED) is 0.802. The van der Waals surface area contributed by atoms with Crippen molar-refractivity contribution in [2.45, 2.75) is 39.7 Å². The van der Waals surface area contributed by atoms with Gasteiger partial charge < -0.3 is 5.32 Å². The summed E-state index contributed by atoms with van der Waals surface area (Å²) in [5, 5.41) is 3.56. The van der Waals surface area contributed by atoms with Crippen LogP contribution in [0.1, 0.15) is 43.9 Å². The molecule has 0 spiro atoms. The summed E-state index contributed by atoms with van der Waals surface area (Å²) in [4.78, 5) is 0. The summed E-state index contributed by atoms with van der Waals surface area (Å²) in [6.07, 6.45) is 2.00. The topological polar surface area (TPSA) is 12.0 Å². The second-order valence-corrected chi connectivity index (χ2v) is 5.02. The first-order valence-corrected chi connectivity index (χ1v) is 6.87. The lowest BCUT2D eigenvalue weighted by Crippen LogP contribution is -2.22. The molecule has 1 aromatic rings. The van der Waals surface area contributed by atoms with Gasteiger partial charge in [-0.25, -0.2) is 0 Å². The van der Waals surface area contributed by atoms with Gasteiger partial charge in [0.25, 0.3) is 0 Å². The summed E-state index contributed by atoms with van der Waals surface area (Å²) in [6.45, 7) is 7.22. The Morgan fingerprint density at radius 3 is 2.82 bits per heavy atom. The molecule has 2 heteroatoms. The fourth-order valence-electron chi connectivity index (χ4n) is 1.74. The first-order valence-electron chi connectivity index (χ1n) is 6.08. The third-order valence-electron chi connectivity index (χ3n) is 2.65. The SMILES string of the molecule is CC#CCC(NCCC)c1cc(C)ccc1Br. The fraction of sp³-hybridized carbons (Fsp3) is 0.467. The molecular weight excluding hydrogens is 274 g/mol. The highest BCUT2D eigenvalue weighted by molar-refractivity contribution is 9.10. The molecule has 0 saturated heterocycles. The van der Waals surface area contributed by atoms with Crippen LogP contribution in [-0.4, -0.2) is 6.54 Å². The van der Waals surface area contributed by atoms with Crippen molar-refractivity contribution in [2.24, 2.45) is 0 Å². The van der Waals surface area contributed by atoms with E-state index in [-0.39, 0.29) is 0 Å². The second-order valence-electron chi connectivity index (χ2n) is 4.16. The number of hydrogen-bond acceptors (Lipinski definition) is 1. The Bertz CT molecular complexity index is 415. The van der Waals surface area contributed by atoms with E-state index in [1.54, 1.807) is 0 Å². The van der Waals surface area contributed by atoms with E-state index >= 15 is 0 Å². The molecular formula is C15H20BrN. The molecule has 1 rings (SSSR count). The normalized spacial score (nSPS) is 11.8. The average Bonchev–Trinajstić information content (AvgIpc) is 2.33. The van der Waals surface area contributed by atoms with E-state index < -0.39 is 0 Å². The van der Waals surface area contributed by atoms with Gasteiger partial charge in [0.05, 0.1) is 0 Å². The van der Waals surface area contributed by atoms with E-state index in [4.69, 9.17) is 0 Å². The Morgan fingerprint density at radius 1 is 1.41 bits per heavy atom. The van der Waals surface area contributed by atoms with Gasteiger partial charge in [0.1, 0.15) is 0 Å². The summed E-state index contributed by atoms with van der Waals surface area (Å²) in [7, 11) is 0. The minimum Gasteiger partial charge on any atom is -0.309 e. The number of halogens is 1. The third-order valence-corrected chi connectivity index (χ3v) is 3.37. The molecule has 1 aromatic carbocycles. The summed E-state index contributed by atoms with van der Waals surface area (Å²) in [5.41, 5.74) is 2.59. The molecule has 0 heterocycles. The van der Waals surface area contributed by atoms with Crippen molar-refractivity contribution in [1.29, 1.82) is 0 Å². The smallest absolute Gasteiger partial charge is 0.0442 e. The summed E-state index contributed by atoms with van der Waals surface area (Å²) < 4.78 is 1.16. The molecule has 0 bridgehead atoms. The van der Waals surface area contributed by atoms with Crippen molar-refractivity contribution >= 4 is 15.9 Å². The Labute approximate surface area is 113 Å². The van der Waals surface area contributed by atoms with Crippen molar-refractivity contribution in [3.63, 3.8) is 0 Å². The maximum absolute atomic E-state index is 3.63. The van der Waals surface area contributed by atoms with Gasteiger partial charge in [-0.1, -0.05) is 40.5 Å². The highest BCUT2D eigenvalue weighted by Crippen LogP contribution is 2.26. The van der Waals surface area contributed by atoms with Crippen molar-refractivity contribution < 1.29 is 0 Å². The van der Waals surface area contributed by atoms with E-state index in [2.05, 4.69) is 65.1 Å². The van der Waals surface area contributed by atoms with Gasteiger partial charge in [-0.3, -0.25) is 0 Å². The molecule has 1 unspecified atom stereocenters. The molecule has 17 heavy (non-hydrogen) atoms. The average molecular weight is 294 g/mol. The minimum absolute atomic E-state index is 0.316. The summed E-state index contributed by atoms with van der Waals surface area (Å²) in [6, 6.07) is 6.78. The molecule has 1 nitrogen and oxygen atoms in total. The lowest BCUT2D eigenvalue weighted by Gasteiger charge is -2.18. The standard InChI is InChI=1S/C15H20BrN/c1-4-6-7-15(17-10-5-2)13-11-12(3)8-9-14(13)16/h8-9,11,15,17H,5,7,10H2,1-3H3. The number of aryl methyl sites for hydroxylation is 1. The monoisotopic (exact) mass is 293 g/mol. The van der Waals surface area contributed by atoms with E-state index in [0.717, 1.165) is 23.9 Å². The van der Waals surface area contributed by atoms with Gasteiger partial charge in [-0.05, 0) is 38.4 Å². The van der Waals surface area contributed by atoms with Crippen LogP contribution >= 0.6 is 15.9 Å². The van der Waals surface area contributed by atoms with Crippen LogP contribution in [0.2, 0.25) is 0 Å². The van der Waals surface area contributed by atoms with Crippen molar-refractivity contribution in [1.82, 2.24) is 5.32 Å². The molecule has 0 aliphatic heterocycles. The molecule has 0 saturated carbocycles. The molecule has 0 amide bonds. The van der Waals surface area contributed by atoms with Crippen LogP contribution < -0.4 is 5.32 Å². The van der Waals surface area contributed by atoms with Gasteiger partial charge in [0, 0.05) is 16.9 Å². The molecule has 0 aliphatic carbocycles. The number of benzene rings is 1. The van der Waals surface area contributed by atoms with Gasteiger partial charge >= 0.3 is 0 Å². The lowest BCUT2D eigenvalue weighted by molar-refractivity contribution is 0.540. The zero-order valence-corrected chi connectivity index (χ0v) is 12.4. The molecule has 0 fully saturated rings. The summed E-state index contributed by atoms with van der Waals surface area (Å²) >= 11 is 3.63. The van der Waals surface area contributed by atoms with Gasteiger partial charge in [0.15, 0.2) is 0 Å². The summed E-state index contributed by atoms with van der Waals surface area (Å²) in [5.74, 6) is 6.14. The zero-order valence-electron chi connectivity index (χ0n) is 10.8. The van der Waals surface area contributed by atoms with Gasteiger partial charge in [-0.2, -0.15) is 0 Å². The predicted octanol–water partition coefficient (Wildman–Crippen LogP) is 4.21. The van der Waals surface area contributed by atoms with Crippen LogP contribution in [0.15, 0.2) is 22.7 Å². The molecule has 92 valence electrons. The van der Waals surface area contributed by atoms with Crippen LogP contribution in [0.4, 0.5) is 0 Å².